The van der Waals surface area contributed by atoms with Gasteiger partial charge in [-0.15, -0.1) is 0 Å². The zero-order valence-corrected chi connectivity index (χ0v) is 26.3. The second kappa shape index (κ2) is 10.3. The lowest BCUT2D eigenvalue weighted by atomic mass is 9.86. The number of esters is 1. The molecule has 1 saturated heterocycles. The zero-order valence-electron chi connectivity index (χ0n) is 26.3. The third-order valence-electron chi connectivity index (χ3n) is 9.73. The molecule has 6 aliphatic rings. The standard InChI is InChI=1S/C35H40N4O4/c1-9-21-16(2)24-14-29-31(20(6)40)18(4)26(37-29)12-25-17(3)22(10-11-30(41)43-8)33(38-25)23-15-35(7,42)32-19(5)27(39-34(23)32)13-28(21)36-24/h12-14,17,22,38,40,42H,9-11,15H2,1-8H3/b24-14?,25-12?,27-13?,31-20-,33-23?/t17-,22-,35-/m0/s1. The molecular weight excluding hydrogens is 540 g/mol. The zero-order chi connectivity index (χ0) is 31.0. The van der Waals surface area contributed by atoms with Gasteiger partial charge in [0.1, 0.15) is 0 Å². The highest BCUT2D eigenvalue weighted by molar-refractivity contribution is 6.22. The van der Waals surface area contributed by atoms with Gasteiger partial charge in [-0.05, 0) is 88.0 Å². The molecule has 8 heteroatoms. The summed E-state index contributed by atoms with van der Waals surface area (Å²) >= 11 is 0. The maximum atomic E-state index is 12.2. The van der Waals surface area contributed by atoms with Crippen LogP contribution < -0.4 is 5.32 Å². The van der Waals surface area contributed by atoms with Crippen LogP contribution in [-0.2, 0) is 9.53 Å². The maximum absolute atomic E-state index is 12.2. The van der Waals surface area contributed by atoms with E-state index in [1.165, 1.54) is 7.11 Å². The Morgan fingerprint density at radius 1 is 1.07 bits per heavy atom. The first kappa shape index (κ1) is 29.1. The van der Waals surface area contributed by atoms with Gasteiger partial charge in [0, 0.05) is 52.8 Å². The van der Waals surface area contributed by atoms with Crippen molar-refractivity contribution in [1.82, 2.24) is 5.32 Å². The molecule has 43 heavy (non-hydrogen) atoms. The van der Waals surface area contributed by atoms with Crippen LogP contribution in [0.2, 0.25) is 0 Å². The van der Waals surface area contributed by atoms with Crippen molar-refractivity contribution in [1.29, 1.82) is 0 Å². The van der Waals surface area contributed by atoms with Crippen molar-refractivity contribution in [3.63, 3.8) is 0 Å². The van der Waals surface area contributed by atoms with Crippen LogP contribution in [0.1, 0.15) is 74.1 Å². The van der Waals surface area contributed by atoms with E-state index in [1.54, 1.807) is 6.92 Å². The van der Waals surface area contributed by atoms with Crippen LogP contribution in [0.25, 0.3) is 0 Å². The highest BCUT2D eigenvalue weighted by atomic mass is 16.5. The Kier molecular flexibility index (Phi) is 6.96. The minimum atomic E-state index is -1.08. The number of nitrogens with zero attached hydrogens (tertiary/aromatic N) is 3. The predicted molar refractivity (Wildman–Crippen MR) is 170 cm³/mol. The molecular formula is C35H40N4O4. The van der Waals surface area contributed by atoms with Gasteiger partial charge in [-0.2, -0.15) is 0 Å². The molecule has 0 aromatic carbocycles. The molecule has 0 amide bonds. The largest absolute Gasteiger partial charge is 0.512 e. The lowest BCUT2D eigenvalue weighted by Crippen LogP contribution is -2.23. The van der Waals surface area contributed by atoms with Gasteiger partial charge in [0.2, 0.25) is 0 Å². The summed E-state index contributed by atoms with van der Waals surface area (Å²) < 4.78 is 4.98. The summed E-state index contributed by atoms with van der Waals surface area (Å²) in [5.41, 5.74) is 12.2. The first-order valence-electron chi connectivity index (χ1n) is 15.1. The van der Waals surface area contributed by atoms with E-state index in [2.05, 4.69) is 32.2 Å². The van der Waals surface area contributed by atoms with Crippen LogP contribution in [0.15, 0.2) is 106 Å². The maximum Gasteiger partial charge on any atom is 0.305 e. The second-order valence-electron chi connectivity index (χ2n) is 12.5. The van der Waals surface area contributed by atoms with Crippen molar-refractivity contribution in [2.75, 3.05) is 7.11 Å². The smallest absolute Gasteiger partial charge is 0.305 e. The molecule has 224 valence electrons. The summed E-state index contributed by atoms with van der Waals surface area (Å²) in [6, 6.07) is 0. The third kappa shape index (κ3) is 4.54. The summed E-state index contributed by atoms with van der Waals surface area (Å²) in [6.07, 6.45) is 8.16. The Bertz CT molecular complexity index is 1720. The molecule has 6 rings (SSSR count). The van der Waals surface area contributed by atoms with Crippen LogP contribution in [0.3, 0.4) is 0 Å². The lowest BCUT2D eigenvalue weighted by molar-refractivity contribution is -0.140. The summed E-state index contributed by atoms with van der Waals surface area (Å²) in [4.78, 5) is 27.4. The van der Waals surface area contributed by atoms with Crippen LogP contribution in [-0.4, -0.2) is 46.0 Å². The van der Waals surface area contributed by atoms with Gasteiger partial charge in [0.25, 0.3) is 0 Å². The van der Waals surface area contributed by atoms with E-state index in [0.717, 1.165) is 79.8 Å². The molecule has 3 atom stereocenters. The number of fused-ring (bicyclic) bond motifs is 5. The lowest BCUT2D eigenvalue weighted by Gasteiger charge is -2.19. The monoisotopic (exact) mass is 580 g/mol. The van der Waals surface area contributed by atoms with Crippen LogP contribution in [0.4, 0.5) is 0 Å². The molecule has 0 radical (unpaired) electrons. The van der Waals surface area contributed by atoms with E-state index >= 15 is 0 Å². The van der Waals surface area contributed by atoms with E-state index in [9.17, 15) is 15.0 Å². The third-order valence-corrected chi connectivity index (χ3v) is 9.73. The number of rotatable bonds is 4. The number of aliphatic imine (C=N–C) groups is 3. The number of methoxy groups -OCH3 is 1. The number of aliphatic hydroxyl groups excluding tert-OH is 1. The second-order valence-corrected chi connectivity index (χ2v) is 12.5. The number of hydrogen-bond acceptors (Lipinski definition) is 8. The molecule has 8 nitrogen and oxygen atoms in total. The summed E-state index contributed by atoms with van der Waals surface area (Å²) in [7, 11) is 1.41. The molecule has 5 aliphatic heterocycles. The molecule has 2 fully saturated rings. The fourth-order valence-corrected chi connectivity index (χ4v) is 7.42. The Hall–Kier alpha value is -4.04. The Morgan fingerprint density at radius 2 is 1.77 bits per heavy atom. The van der Waals surface area contributed by atoms with Crippen molar-refractivity contribution >= 4 is 23.1 Å². The number of hydrogen-bond donors (Lipinski definition) is 3. The molecule has 0 unspecified atom stereocenters. The van der Waals surface area contributed by atoms with E-state index < -0.39 is 5.60 Å². The Labute approximate surface area is 253 Å². The quantitative estimate of drug-likeness (QED) is 0.264. The fourth-order valence-electron chi connectivity index (χ4n) is 7.42. The van der Waals surface area contributed by atoms with Gasteiger partial charge in [-0.3, -0.25) is 4.79 Å². The van der Waals surface area contributed by atoms with Crippen molar-refractivity contribution in [3.05, 3.63) is 91.5 Å². The van der Waals surface area contributed by atoms with Crippen molar-refractivity contribution < 1.29 is 19.7 Å². The Balaban J connectivity index is 1.63. The van der Waals surface area contributed by atoms with Gasteiger partial charge >= 0.3 is 5.97 Å². The highest BCUT2D eigenvalue weighted by Gasteiger charge is 2.48. The summed E-state index contributed by atoms with van der Waals surface area (Å²) in [5, 5.41) is 26.2. The van der Waals surface area contributed by atoms with Crippen molar-refractivity contribution in [2.45, 2.75) is 79.8 Å². The fraction of sp³-hybridized carbons (Fsp3) is 0.429. The van der Waals surface area contributed by atoms with Gasteiger partial charge in [0.15, 0.2) is 0 Å². The number of aliphatic hydroxyl groups is 2. The first-order valence-corrected chi connectivity index (χ1v) is 15.1. The predicted octanol–water partition coefficient (Wildman–Crippen LogP) is 6.38. The van der Waals surface area contributed by atoms with Gasteiger partial charge in [-0.25, -0.2) is 15.0 Å². The van der Waals surface area contributed by atoms with E-state index in [0.29, 0.717) is 24.1 Å². The van der Waals surface area contributed by atoms with Gasteiger partial charge in [-0.1, -0.05) is 13.8 Å². The molecule has 5 heterocycles. The van der Waals surface area contributed by atoms with Gasteiger partial charge < -0.3 is 20.3 Å². The van der Waals surface area contributed by atoms with E-state index in [-0.39, 0.29) is 30.0 Å². The normalized spacial score (nSPS) is 29.0. The highest BCUT2D eigenvalue weighted by Crippen LogP contribution is 2.49. The number of nitrogens with one attached hydrogen (secondary N) is 1. The molecule has 1 aliphatic carbocycles. The first-order chi connectivity index (χ1) is 20.4. The number of carbonyl (C=O) groups is 1. The van der Waals surface area contributed by atoms with Crippen LogP contribution >= 0.6 is 0 Å². The average Bonchev–Trinajstić information content (AvgIpc) is 3.68. The van der Waals surface area contributed by atoms with E-state index in [1.807, 2.05) is 32.9 Å². The number of allylic oxidation sites excluding steroid dienone is 11. The molecule has 0 aromatic heterocycles. The molecule has 0 aromatic rings. The minimum Gasteiger partial charge on any atom is -0.512 e. The van der Waals surface area contributed by atoms with Gasteiger partial charge in [0.05, 0.1) is 52.7 Å². The molecule has 3 N–H and O–H groups in total. The van der Waals surface area contributed by atoms with Crippen molar-refractivity contribution in [2.24, 2.45) is 26.8 Å². The van der Waals surface area contributed by atoms with E-state index in [4.69, 9.17) is 19.7 Å². The molecule has 1 saturated carbocycles. The average molecular weight is 581 g/mol. The SMILES string of the molecule is CCC1=C(C)C2=CC3=NC(=C(C)/C3=C(\C)O)C=C3NC(=C4C[C@](C)(O)C5=C(C)C(=CC1=N2)N=C45)[C@@H](CCC(=O)OC)[C@@H]3C. The van der Waals surface area contributed by atoms with Crippen molar-refractivity contribution in [3.8, 4) is 0 Å². The number of carbonyl (C=O) groups excluding carboxylic acids is 1. The minimum absolute atomic E-state index is 0.0117. The van der Waals surface area contributed by atoms with Crippen LogP contribution in [0.5, 0.6) is 0 Å². The van der Waals surface area contributed by atoms with Crippen LogP contribution in [0, 0.1) is 11.8 Å². The summed E-state index contributed by atoms with van der Waals surface area (Å²) in [6.45, 7) is 13.9. The Morgan fingerprint density at radius 3 is 2.44 bits per heavy atom. The summed E-state index contributed by atoms with van der Waals surface area (Å²) in [5.74, 6) is -0.0108. The topological polar surface area (TPSA) is 116 Å². The molecule has 0 spiro atoms. The molecule has 8 bridgehead atoms. The number of ether oxygens (including phenoxy) is 1.